The Balaban J connectivity index is 1.80. The van der Waals surface area contributed by atoms with Gasteiger partial charge >= 0.3 is 0 Å². The van der Waals surface area contributed by atoms with Crippen LogP contribution < -0.4 is 10.1 Å². The number of halogens is 1. The Morgan fingerprint density at radius 2 is 2.12 bits per heavy atom. The number of thiophene rings is 1. The maximum absolute atomic E-state index is 12.0. The first kappa shape index (κ1) is 18.4. The van der Waals surface area contributed by atoms with Crippen LogP contribution >= 0.6 is 22.9 Å². The summed E-state index contributed by atoms with van der Waals surface area (Å²) in [4.78, 5) is 28.6. The van der Waals surface area contributed by atoms with E-state index in [1.807, 2.05) is 13.0 Å². The number of aromatic nitrogens is 1. The van der Waals surface area contributed by atoms with Crippen LogP contribution in [0.5, 0.6) is 5.88 Å². The van der Waals surface area contributed by atoms with Gasteiger partial charge in [0.1, 0.15) is 0 Å². The molecule has 0 aromatic carbocycles. The number of ketones is 1. The summed E-state index contributed by atoms with van der Waals surface area (Å²) in [5.41, 5.74) is 0.815. The van der Waals surface area contributed by atoms with E-state index in [4.69, 9.17) is 16.3 Å². The number of carbonyl (C=O) groups excluding carboxylic acids is 2. The molecule has 0 aliphatic carbocycles. The van der Waals surface area contributed by atoms with Crippen molar-refractivity contribution in [3.63, 3.8) is 0 Å². The quantitative estimate of drug-likeness (QED) is 0.684. The predicted octanol–water partition coefficient (Wildman–Crippen LogP) is 3.86. The molecule has 5 nitrogen and oxygen atoms in total. The molecule has 7 heteroatoms. The van der Waals surface area contributed by atoms with Gasteiger partial charge in [0.2, 0.25) is 11.8 Å². The fraction of sp³-hybridized carbons (Fsp3) is 0.353. The highest BCUT2D eigenvalue weighted by atomic mass is 35.5. The molecular formula is C17H19ClN2O3S. The highest BCUT2D eigenvalue weighted by Gasteiger charge is 2.12. The third-order valence-corrected chi connectivity index (χ3v) is 4.47. The second-order valence-electron chi connectivity index (χ2n) is 5.12. The number of Topliss-reactive ketones (excluding diaryl/α,β-unsaturated/α-hetero) is 1. The van der Waals surface area contributed by atoms with Gasteiger partial charge in [0, 0.05) is 31.1 Å². The van der Waals surface area contributed by atoms with Gasteiger partial charge < -0.3 is 10.1 Å². The van der Waals surface area contributed by atoms with E-state index in [0.717, 1.165) is 12.0 Å². The first-order valence-electron chi connectivity index (χ1n) is 7.72. The van der Waals surface area contributed by atoms with Gasteiger partial charge in [-0.1, -0.05) is 24.6 Å². The van der Waals surface area contributed by atoms with Crippen molar-refractivity contribution in [2.75, 3.05) is 6.61 Å². The lowest BCUT2D eigenvalue weighted by Gasteiger charge is -2.10. The Morgan fingerprint density at radius 3 is 2.83 bits per heavy atom. The minimum Gasteiger partial charge on any atom is -0.477 e. The lowest BCUT2D eigenvalue weighted by molar-refractivity contribution is -0.121. The van der Waals surface area contributed by atoms with Crippen LogP contribution in [0.3, 0.4) is 0 Å². The largest absolute Gasteiger partial charge is 0.477 e. The van der Waals surface area contributed by atoms with Gasteiger partial charge in [-0.2, -0.15) is 0 Å². The van der Waals surface area contributed by atoms with Gasteiger partial charge in [-0.05, 0) is 24.6 Å². The van der Waals surface area contributed by atoms with Crippen LogP contribution in [0, 0.1) is 0 Å². The molecule has 2 aromatic rings. The number of carbonyl (C=O) groups is 2. The molecular weight excluding hydrogens is 348 g/mol. The average molecular weight is 367 g/mol. The fourth-order valence-electron chi connectivity index (χ4n) is 1.98. The highest BCUT2D eigenvalue weighted by molar-refractivity contribution is 7.18. The predicted molar refractivity (Wildman–Crippen MR) is 94.8 cm³/mol. The molecule has 0 aliphatic rings. The molecule has 0 saturated carbocycles. The Kier molecular flexibility index (Phi) is 7.21. The molecule has 2 aromatic heterocycles. The highest BCUT2D eigenvalue weighted by Crippen LogP contribution is 2.23. The van der Waals surface area contributed by atoms with Gasteiger partial charge in [-0.3, -0.25) is 9.59 Å². The van der Waals surface area contributed by atoms with Crippen molar-refractivity contribution < 1.29 is 14.3 Å². The molecule has 128 valence electrons. The van der Waals surface area contributed by atoms with Crippen molar-refractivity contribution in [1.29, 1.82) is 0 Å². The molecule has 0 aliphatic heterocycles. The average Bonchev–Trinajstić information content (AvgIpc) is 3.03. The maximum atomic E-state index is 12.0. The lowest BCUT2D eigenvalue weighted by Crippen LogP contribution is -2.23. The molecule has 0 spiro atoms. The zero-order valence-corrected chi connectivity index (χ0v) is 15.0. The SMILES string of the molecule is CCCOc1ncccc1CNC(=O)CCC(=O)c1ccc(Cl)s1. The second kappa shape index (κ2) is 9.39. The number of hydrogen-bond donors (Lipinski definition) is 1. The molecule has 0 bridgehead atoms. The van der Waals surface area contributed by atoms with Crippen molar-refractivity contribution in [2.45, 2.75) is 32.7 Å². The van der Waals surface area contributed by atoms with Gasteiger partial charge in [0.25, 0.3) is 0 Å². The van der Waals surface area contributed by atoms with Crippen molar-refractivity contribution in [3.8, 4) is 5.88 Å². The monoisotopic (exact) mass is 366 g/mol. The number of rotatable bonds is 9. The van der Waals surface area contributed by atoms with Crippen LogP contribution in [0.4, 0.5) is 0 Å². The van der Waals surface area contributed by atoms with E-state index < -0.39 is 0 Å². The van der Waals surface area contributed by atoms with Gasteiger partial charge in [0.15, 0.2) is 5.78 Å². The summed E-state index contributed by atoms with van der Waals surface area (Å²) in [7, 11) is 0. The van der Waals surface area contributed by atoms with Crippen LogP contribution in [0.25, 0.3) is 0 Å². The van der Waals surface area contributed by atoms with Crippen LogP contribution in [-0.4, -0.2) is 23.3 Å². The third-order valence-electron chi connectivity index (χ3n) is 3.20. The third kappa shape index (κ3) is 5.62. The number of ether oxygens (including phenoxy) is 1. The molecule has 0 unspecified atom stereocenters. The summed E-state index contributed by atoms with van der Waals surface area (Å²) < 4.78 is 6.12. The number of amides is 1. The van der Waals surface area contributed by atoms with E-state index in [-0.39, 0.29) is 24.5 Å². The van der Waals surface area contributed by atoms with Crippen molar-refractivity contribution in [1.82, 2.24) is 10.3 Å². The number of pyridine rings is 1. The molecule has 0 saturated heterocycles. The first-order valence-corrected chi connectivity index (χ1v) is 8.91. The minimum absolute atomic E-state index is 0.0737. The number of hydrogen-bond acceptors (Lipinski definition) is 5. The van der Waals surface area contributed by atoms with Crippen molar-refractivity contribution >= 4 is 34.6 Å². The summed E-state index contributed by atoms with van der Waals surface area (Å²) in [6, 6.07) is 7.02. The molecule has 1 amide bonds. The molecule has 24 heavy (non-hydrogen) atoms. The summed E-state index contributed by atoms with van der Waals surface area (Å²) in [5, 5.41) is 2.79. The Hall–Kier alpha value is -1.92. The molecule has 2 heterocycles. The summed E-state index contributed by atoms with van der Waals surface area (Å²) in [6.07, 6.45) is 2.84. The van der Waals surface area contributed by atoms with Gasteiger partial charge in [0.05, 0.1) is 15.8 Å². The fourth-order valence-corrected chi connectivity index (χ4v) is 2.99. The first-order chi connectivity index (χ1) is 11.6. The maximum Gasteiger partial charge on any atom is 0.220 e. The van der Waals surface area contributed by atoms with E-state index in [2.05, 4.69) is 10.3 Å². The van der Waals surface area contributed by atoms with Gasteiger partial charge in [-0.15, -0.1) is 11.3 Å². The van der Waals surface area contributed by atoms with E-state index in [1.54, 1.807) is 24.4 Å². The summed E-state index contributed by atoms with van der Waals surface area (Å²) in [5.74, 6) is 0.274. The second-order valence-corrected chi connectivity index (χ2v) is 6.83. The van der Waals surface area contributed by atoms with Crippen LogP contribution in [-0.2, 0) is 11.3 Å². The zero-order valence-electron chi connectivity index (χ0n) is 13.4. The molecule has 0 radical (unpaired) electrons. The minimum atomic E-state index is -0.184. The lowest BCUT2D eigenvalue weighted by atomic mass is 10.2. The molecule has 0 fully saturated rings. The normalized spacial score (nSPS) is 10.4. The van der Waals surface area contributed by atoms with Crippen molar-refractivity contribution in [2.24, 2.45) is 0 Å². The zero-order chi connectivity index (χ0) is 17.4. The smallest absolute Gasteiger partial charge is 0.220 e. The van der Waals surface area contributed by atoms with Crippen LogP contribution in [0.2, 0.25) is 4.34 Å². The van der Waals surface area contributed by atoms with E-state index >= 15 is 0 Å². The number of nitrogens with zero attached hydrogens (tertiary/aromatic N) is 1. The molecule has 1 N–H and O–H groups in total. The Labute approximate surface area is 150 Å². The van der Waals surface area contributed by atoms with Crippen LogP contribution in [0.15, 0.2) is 30.5 Å². The number of nitrogens with one attached hydrogen (secondary N) is 1. The van der Waals surface area contributed by atoms with E-state index in [9.17, 15) is 9.59 Å². The summed E-state index contributed by atoms with van der Waals surface area (Å²) >= 11 is 7.03. The van der Waals surface area contributed by atoms with E-state index in [1.165, 1.54) is 11.3 Å². The van der Waals surface area contributed by atoms with Gasteiger partial charge in [-0.25, -0.2) is 4.98 Å². The van der Waals surface area contributed by atoms with Crippen LogP contribution in [0.1, 0.15) is 41.4 Å². The molecule has 2 rings (SSSR count). The van der Waals surface area contributed by atoms with Crippen molar-refractivity contribution in [3.05, 3.63) is 45.2 Å². The molecule has 0 atom stereocenters. The topological polar surface area (TPSA) is 68.3 Å². The Bertz CT molecular complexity index is 703. The summed E-state index contributed by atoms with van der Waals surface area (Å²) in [6.45, 7) is 2.92. The standard InChI is InChI=1S/C17H19ClN2O3S/c1-2-10-23-17-12(4-3-9-19-17)11-20-16(22)8-5-13(21)14-6-7-15(18)24-14/h3-4,6-7,9H,2,5,8,10-11H2,1H3,(H,20,22). The van der Waals surface area contributed by atoms with E-state index in [0.29, 0.717) is 28.2 Å². The Morgan fingerprint density at radius 1 is 1.29 bits per heavy atom.